The van der Waals surface area contributed by atoms with Crippen molar-refractivity contribution in [2.24, 2.45) is 0 Å². The zero-order valence-corrected chi connectivity index (χ0v) is 8.50. The molecule has 0 spiro atoms. The largest absolute Gasteiger partial charge is 0.337 e. The molecule has 0 aliphatic heterocycles. The number of rotatable bonds is 3. The second-order valence-electron chi connectivity index (χ2n) is 3.22. The van der Waals surface area contributed by atoms with Crippen LogP contribution in [-0.4, -0.2) is 22.2 Å². The topological polar surface area (TPSA) is 80.0 Å². The number of hydrogen-bond acceptors (Lipinski definition) is 4. The van der Waals surface area contributed by atoms with Crippen molar-refractivity contribution in [3.05, 3.63) is 11.7 Å². The van der Waals surface area contributed by atoms with Crippen LogP contribution >= 0.6 is 0 Å². The number of carbonyl (C=O) groups is 1. The summed E-state index contributed by atoms with van der Waals surface area (Å²) in [6.45, 7) is 5.74. The lowest BCUT2D eigenvalue weighted by atomic mass is 10.4. The molecule has 1 aromatic rings. The Morgan fingerprint density at radius 1 is 1.57 bits per heavy atom. The highest BCUT2D eigenvalue weighted by Gasteiger charge is 2.05. The molecule has 2 amide bonds. The number of nitrogens with one attached hydrogen (secondary N) is 2. The van der Waals surface area contributed by atoms with Gasteiger partial charge >= 0.3 is 6.03 Å². The normalized spacial score (nSPS) is 10.3. The first kappa shape index (κ1) is 10.5. The van der Waals surface area contributed by atoms with Crippen LogP contribution in [0.2, 0.25) is 0 Å². The van der Waals surface area contributed by atoms with E-state index in [2.05, 4.69) is 20.8 Å². The van der Waals surface area contributed by atoms with E-state index in [-0.39, 0.29) is 18.6 Å². The minimum Gasteiger partial charge on any atom is -0.337 e. The smallest absolute Gasteiger partial charge is 0.315 e. The molecule has 2 N–H and O–H groups in total. The molecule has 1 aromatic heterocycles. The molecule has 6 heteroatoms. The van der Waals surface area contributed by atoms with Crippen LogP contribution in [0, 0.1) is 6.92 Å². The van der Waals surface area contributed by atoms with Crippen LogP contribution in [0.15, 0.2) is 4.52 Å². The third kappa shape index (κ3) is 3.42. The Morgan fingerprint density at radius 3 is 2.79 bits per heavy atom. The number of urea groups is 1. The lowest BCUT2D eigenvalue weighted by Gasteiger charge is -2.07. The summed E-state index contributed by atoms with van der Waals surface area (Å²) in [6, 6.07) is -0.129. The molecule has 0 radical (unpaired) electrons. The molecule has 14 heavy (non-hydrogen) atoms. The summed E-state index contributed by atoms with van der Waals surface area (Å²) in [6.07, 6.45) is 0. The third-order valence-corrected chi connectivity index (χ3v) is 1.39. The maximum atomic E-state index is 11.1. The van der Waals surface area contributed by atoms with E-state index in [0.29, 0.717) is 11.7 Å². The van der Waals surface area contributed by atoms with Crippen LogP contribution in [0.5, 0.6) is 0 Å². The quantitative estimate of drug-likeness (QED) is 0.744. The first-order valence-electron chi connectivity index (χ1n) is 4.41. The SMILES string of the molecule is Cc1noc(CNC(=O)NC(C)C)n1. The molecule has 0 aliphatic rings. The number of aryl methyl sites for hydroxylation is 1. The first-order valence-corrected chi connectivity index (χ1v) is 4.41. The van der Waals surface area contributed by atoms with Gasteiger partial charge in [-0.25, -0.2) is 4.79 Å². The standard InChI is InChI=1S/C8H14N4O2/c1-5(2)10-8(13)9-4-7-11-6(3)12-14-7/h5H,4H2,1-3H3,(H2,9,10,13). The lowest BCUT2D eigenvalue weighted by molar-refractivity contribution is 0.236. The molecule has 0 saturated carbocycles. The van der Waals surface area contributed by atoms with Crippen molar-refractivity contribution in [1.29, 1.82) is 0 Å². The minimum atomic E-state index is -0.240. The summed E-state index contributed by atoms with van der Waals surface area (Å²) < 4.78 is 4.82. The van der Waals surface area contributed by atoms with Crippen molar-refractivity contribution < 1.29 is 9.32 Å². The van der Waals surface area contributed by atoms with Crippen molar-refractivity contribution in [2.75, 3.05) is 0 Å². The molecular weight excluding hydrogens is 184 g/mol. The number of nitrogens with zero attached hydrogens (tertiary/aromatic N) is 2. The van der Waals surface area contributed by atoms with Crippen LogP contribution in [0.1, 0.15) is 25.6 Å². The Bertz CT molecular complexity index is 308. The van der Waals surface area contributed by atoms with E-state index in [1.807, 2.05) is 13.8 Å². The van der Waals surface area contributed by atoms with Gasteiger partial charge in [-0.05, 0) is 20.8 Å². The maximum Gasteiger partial charge on any atom is 0.315 e. The van der Waals surface area contributed by atoms with Gasteiger partial charge in [0.05, 0.1) is 6.54 Å². The van der Waals surface area contributed by atoms with Gasteiger partial charge in [-0.3, -0.25) is 0 Å². The van der Waals surface area contributed by atoms with Gasteiger partial charge in [-0.2, -0.15) is 4.98 Å². The highest BCUT2D eigenvalue weighted by Crippen LogP contribution is 1.94. The van der Waals surface area contributed by atoms with E-state index >= 15 is 0 Å². The Balaban J connectivity index is 2.30. The number of amides is 2. The second-order valence-corrected chi connectivity index (χ2v) is 3.22. The molecule has 0 fully saturated rings. The maximum absolute atomic E-state index is 11.1. The second kappa shape index (κ2) is 4.59. The van der Waals surface area contributed by atoms with Gasteiger partial charge in [-0.1, -0.05) is 5.16 Å². The monoisotopic (exact) mass is 198 g/mol. The zero-order chi connectivity index (χ0) is 10.6. The van der Waals surface area contributed by atoms with Crippen LogP contribution in [-0.2, 0) is 6.54 Å². The van der Waals surface area contributed by atoms with E-state index in [4.69, 9.17) is 4.52 Å². The van der Waals surface area contributed by atoms with Crippen LogP contribution in [0.4, 0.5) is 4.79 Å². The number of carbonyl (C=O) groups excluding carboxylic acids is 1. The molecule has 0 bridgehead atoms. The van der Waals surface area contributed by atoms with Crippen LogP contribution in [0.3, 0.4) is 0 Å². The minimum absolute atomic E-state index is 0.111. The van der Waals surface area contributed by atoms with Gasteiger partial charge in [0.15, 0.2) is 5.82 Å². The van der Waals surface area contributed by atoms with Gasteiger partial charge in [0, 0.05) is 6.04 Å². The molecule has 78 valence electrons. The van der Waals surface area contributed by atoms with Crippen molar-refractivity contribution >= 4 is 6.03 Å². The first-order chi connectivity index (χ1) is 6.58. The highest BCUT2D eigenvalue weighted by atomic mass is 16.5. The van der Waals surface area contributed by atoms with Crippen molar-refractivity contribution in [1.82, 2.24) is 20.8 Å². The van der Waals surface area contributed by atoms with Gasteiger partial charge in [-0.15, -0.1) is 0 Å². The van der Waals surface area contributed by atoms with Crippen LogP contribution < -0.4 is 10.6 Å². The zero-order valence-electron chi connectivity index (χ0n) is 8.50. The van der Waals surface area contributed by atoms with Gasteiger partial charge in [0.1, 0.15) is 0 Å². The highest BCUT2D eigenvalue weighted by molar-refractivity contribution is 5.73. The average Bonchev–Trinajstić information content (AvgIpc) is 2.47. The van der Waals surface area contributed by atoms with E-state index in [9.17, 15) is 4.79 Å². The molecular formula is C8H14N4O2. The average molecular weight is 198 g/mol. The Labute approximate surface area is 82.1 Å². The van der Waals surface area contributed by atoms with Gasteiger partial charge in [0.2, 0.25) is 5.89 Å². The Morgan fingerprint density at radius 2 is 2.29 bits per heavy atom. The van der Waals surface area contributed by atoms with E-state index in [1.165, 1.54) is 0 Å². The molecule has 0 unspecified atom stereocenters. The summed E-state index contributed by atoms with van der Waals surface area (Å²) in [7, 11) is 0. The summed E-state index contributed by atoms with van der Waals surface area (Å²) in [5.41, 5.74) is 0. The fourth-order valence-electron chi connectivity index (χ4n) is 0.881. The molecule has 0 aliphatic carbocycles. The van der Waals surface area contributed by atoms with E-state index < -0.39 is 0 Å². The predicted octanol–water partition coefficient (Wildman–Crippen LogP) is 0.586. The lowest BCUT2D eigenvalue weighted by Crippen LogP contribution is -2.39. The molecule has 0 aromatic carbocycles. The summed E-state index contributed by atoms with van der Waals surface area (Å²) in [5.74, 6) is 0.965. The molecule has 6 nitrogen and oxygen atoms in total. The summed E-state index contributed by atoms with van der Waals surface area (Å²) in [5, 5.41) is 8.87. The summed E-state index contributed by atoms with van der Waals surface area (Å²) in [4.78, 5) is 15.1. The molecule has 0 saturated heterocycles. The number of aromatic nitrogens is 2. The Kier molecular flexibility index (Phi) is 3.44. The molecule has 0 atom stereocenters. The third-order valence-electron chi connectivity index (χ3n) is 1.39. The van der Waals surface area contributed by atoms with Crippen molar-refractivity contribution in [3.8, 4) is 0 Å². The van der Waals surface area contributed by atoms with Gasteiger partial charge < -0.3 is 15.2 Å². The molecule has 1 rings (SSSR count). The van der Waals surface area contributed by atoms with E-state index in [0.717, 1.165) is 0 Å². The predicted molar refractivity (Wildman–Crippen MR) is 49.5 cm³/mol. The fraction of sp³-hybridized carbons (Fsp3) is 0.625. The Hall–Kier alpha value is -1.59. The van der Waals surface area contributed by atoms with Crippen LogP contribution in [0.25, 0.3) is 0 Å². The molecule has 1 heterocycles. The number of hydrogen-bond donors (Lipinski definition) is 2. The fourth-order valence-corrected chi connectivity index (χ4v) is 0.881. The van der Waals surface area contributed by atoms with Gasteiger partial charge in [0.25, 0.3) is 0 Å². The van der Waals surface area contributed by atoms with Crippen molar-refractivity contribution in [3.63, 3.8) is 0 Å². The van der Waals surface area contributed by atoms with Crippen molar-refractivity contribution in [2.45, 2.75) is 33.4 Å². The van der Waals surface area contributed by atoms with E-state index in [1.54, 1.807) is 6.92 Å². The summed E-state index contributed by atoms with van der Waals surface area (Å²) >= 11 is 0.